The molecule has 1 aliphatic rings. The highest BCUT2D eigenvalue weighted by Crippen LogP contribution is 2.26. The summed E-state index contributed by atoms with van der Waals surface area (Å²) in [4.78, 5) is 24.7. The molecule has 3 rings (SSSR count). The van der Waals surface area contributed by atoms with E-state index >= 15 is 0 Å². The summed E-state index contributed by atoms with van der Waals surface area (Å²) in [5, 5.41) is 0. The highest BCUT2D eigenvalue weighted by molar-refractivity contribution is 6.00. The Morgan fingerprint density at radius 1 is 1.08 bits per heavy atom. The van der Waals surface area contributed by atoms with Gasteiger partial charge < -0.3 is 9.47 Å². The number of fused-ring (bicyclic) bond motifs is 1. The van der Waals surface area contributed by atoms with E-state index in [0.717, 1.165) is 24.2 Å². The summed E-state index contributed by atoms with van der Waals surface area (Å²) in [5.74, 6) is 1.44. The van der Waals surface area contributed by atoms with Crippen LogP contribution in [0.1, 0.15) is 52.0 Å². The third kappa shape index (κ3) is 4.08. The van der Waals surface area contributed by atoms with E-state index in [1.807, 2.05) is 30.3 Å². The zero-order valence-corrected chi connectivity index (χ0v) is 14.4. The summed E-state index contributed by atoms with van der Waals surface area (Å²) < 4.78 is 10.8. The summed E-state index contributed by atoms with van der Waals surface area (Å²) in [7, 11) is 1.55. The van der Waals surface area contributed by atoms with E-state index in [1.54, 1.807) is 19.2 Å². The number of hydrogen-bond donors (Lipinski definition) is 0. The molecule has 130 valence electrons. The molecule has 4 heteroatoms. The van der Waals surface area contributed by atoms with E-state index in [0.29, 0.717) is 42.7 Å². The maximum atomic E-state index is 12.4. The van der Waals surface area contributed by atoms with Crippen LogP contribution in [0.4, 0.5) is 0 Å². The Bertz CT molecular complexity index is 779. The zero-order valence-electron chi connectivity index (χ0n) is 14.4. The second-order valence-electron chi connectivity index (χ2n) is 6.17. The summed E-state index contributed by atoms with van der Waals surface area (Å²) >= 11 is 0. The minimum atomic E-state index is -0.000903. The van der Waals surface area contributed by atoms with Gasteiger partial charge in [-0.15, -0.1) is 0 Å². The smallest absolute Gasteiger partial charge is 0.166 e. The van der Waals surface area contributed by atoms with Gasteiger partial charge in [-0.2, -0.15) is 0 Å². The Hall–Kier alpha value is -2.62. The maximum Gasteiger partial charge on any atom is 0.166 e. The molecule has 1 heterocycles. The quantitative estimate of drug-likeness (QED) is 0.708. The van der Waals surface area contributed by atoms with Gasteiger partial charge in [0.05, 0.1) is 19.3 Å². The summed E-state index contributed by atoms with van der Waals surface area (Å²) in [6.07, 6.45) is 3.21. The van der Waals surface area contributed by atoms with Crippen LogP contribution in [0.3, 0.4) is 0 Å². The number of Topliss-reactive ketones (excluding diaryl/α,β-unsaturated/α-hetero) is 2. The lowest BCUT2D eigenvalue weighted by Gasteiger charge is -2.17. The Balaban J connectivity index is 1.57. The fourth-order valence-electron chi connectivity index (χ4n) is 3.08. The highest BCUT2D eigenvalue weighted by Gasteiger charge is 2.15. The molecular weight excluding hydrogens is 316 g/mol. The zero-order chi connectivity index (χ0) is 17.6. The Morgan fingerprint density at radius 3 is 2.72 bits per heavy atom. The first-order valence-electron chi connectivity index (χ1n) is 8.64. The van der Waals surface area contributed by atoms with E-state index in [9.17, 15) is 9.59 Å². The van der Waals surface area contributed by atoms with Crippen molar-refractivity contribution in [2.75, 3.05) is 13.7 Å². The van der Waals surface area contributed by atoms with Gasteiger partial charge in [-0.05, 0) is 43.0 Å². The molecule has 0 saturated heterocycles. The topological polar surface area (TPSA) is 52.6 Å². The predicted molar refractivity (Wildman–Crippen MR) is 95.8 cm³/mol. The third-order valence-corrected chi connectivity index (χ3v) is 4.45. The lowest BCUT2D eigenvalue weighted by molar-refractivity contribution is 0.0955. The number of carbonyl (C=O) groups excluding carboxylic acids is 2. The molecule has 0 bridgehead atoms. The van der Waals surface area contributed by atoms with Crippen LogP contribution in [0.15, 0.2) is 42.5 Å². The first-order chi connectivity index (χ1) is 12.2. The molecule has 0 N–H and O–H groups in total. The fourth-order valence-corrected chi connectivity index (χ4v) is 3.08. The van der Waals surface area contributed by atoms with Crippen molar-refractivity contribution in [3.05, 3.63) is 59.2 Å². The van der Waals surface area contributed by atoms with Gasteiger partial charge in [-0.25, -0.2) is 0 Å². The van der Waals surface area contributed by atoms with Crippen LogP contribution < -0.4 is 9.47 Å². The number of rotatable bonds is 7. The van der Waals surface area contributed by atoms with Gasteiger partial charge >= 0.3 is 0 Å². The first kappa shape index (κ1) is 17.2. The Morgan fingerprint density at radius 2 is 1.88 bits per heavy atom. The SMILES string of the molecule is COc1ccccc1C(=O)CCCC(=O)c1ccc2c(c1)OCCC2. The Kier molecular flexibility index (Phi) is 5.49. The number of ketones is 2. The second kappa shape index (κ2) is 7.97. The minimum absolute atomic E-state index is 0.000903. The van der Waals surface area contributed by atoms with Crippen molar-refractivity contribution in [3.8, 4) is 11.5 Å². The molecule has 25 heavy (non-hydrogen) atoms. The molecule has 0 spiro atoms. The van der Waals surface area contributed by atoms with Crippen LogP contribution in [0.5, 0.6) is 11.5 Å². The van der Waals surface area contributed by atoms with E-state index in [-0.39, 0.29) is 11.6 Å². The van der Waals surface area contributed by atoms with Gasteiger partial charge in [-0.1, -0.05) is 24.3 Å². The predicted octanol–water partition coefficient (Wildman–Crippen LogP) is 4.26. The molecule has 0 radical (unpaired) electrons. The standard InChI is InChI=1S/C21H22O4/c1-24-20-10-3-2-7-17(20)19(23)9-4-8-18(22)16-12-11-15-6-5-13-25-21(15)14-16/h2-3,7,10-12,14H,4-6,8-9,13H2,1H3. The molecule has 2 aromatic carbocycles. The van der Waals surface area contributed by atoms with Crippen LogP contribution in [-0.2, 0) is 6.42 Å². The van der Waals surface area contributed by atoms with Gasteiger partial charge in [0.25, 0.3) is 0 Å². The largest absolute Gasteiger partial charge is 0.496 e. The molecule has 0 aromatic heterocycles. The number of hydrogen-bond acceptors (Lipinski definition) is 4. The summed E-state index contributed by atoms with van der Waals surface area (Å²) in [5.41, 5.74) is 2.39. The maximum absolute atomic E-state index is 12.4. The average molecular weight is 338 g/mol. The molecule has 1 aliphatic heterocycles. The second-order valence-corrected chi connectivity index (χ2v) is 6.17. The molecule has 0 fully saturated rings. The van der Waals surface area contributed by atoms with E-state index in [1.165, 1.54) is 0 Å². The van der Waals surface area contributed by atoms with Crippen molar-refractivity contribution >= 4 is 11.6 Å². The van der Waals surface area contributed by atoms with Crippen LogP contribution in [0.2, 0.25) is 0 Å². The van der Waals surface area contributed by atoms with Gasteiger partial charge in [0.2, 0.25) is 0 Å². The molecule has 2 aromatic rings. The molecule has 0 saturated carbocycles. The number of para-hydroxylation sites is 1. The number of carbonyl (C=O) groups is 2. The molecule has 4 nitrogen and oxygen atoms in total. The van der Waals surface area contributed by atoms with Crippen molar-refractivity contribution in [2.45, 2.75) is 32.1 Å². The summed E-state index contributed by atoms with van der Waals surface area (Å²) in [6, 6.07) is 12.8. The van der Waals surface area contributed by atoms with Crippen LogP contribution >= 0.6 is 0 Å². The van der Waals surface area contributed by atoms with Crippen molar-refractivity contribution in [1.29, 1.82) is 0 Å². The van der Waals surface area contributed by atoms with E-state index < -0.39 is 0 Å². The fraction of sp³-hybridized carbons (Fsp3) is 0.333. The third-order valence-electron chi connectivity index (χ3n) is 4.45. The van der Waals surface area contributed by atoms with Crippen molar-refractivity contribution in [1.82, 2.24) is 0 Å². The van der Waals surface area contributed by atoms with Crippen LogP contribution in [0, 0.1) is 0 Å². The monoisotopic (exact) mass is 338 g/mol. The van der Waals surface area contributed by atoms with Gasteiger partial charge in [-0.3, -0.25) is 9.59 Å². The lowest BCUT2D eigenvalue weighted by Crippen LogP contribution is -2.10. The van der Waals surface area contributed by atoms with Crippen molar-refractivity contribution in [3.63, 3.8) is 0 Å². The first-order valence-corrected chi connectivity index (χ1v) is 8.64. The van der Waals surface area contributed by atoms with E-state index in [2.05, 4.69) is 0 Å². The normalized spacial score (nSPS) is 12.8. The van der Waals surface area contributed by atoms with Gasteiger partial charge in [0.15, 0.2) is 11.6 Å². The van der Waals surface area contributed by atoms with Crippen LogP contribution in [-0.4, -0.2) is 25.3 Å². The molecule has 0 unspecified atom stereocenters. The molecule has 0 amide bonds. The van der Waals surface area contributed by atoms with Crippen molar-refractivity contribution < 1.29 is 19.1 Å². The molecular formula is C21H22O4. The van der Waals surface area contributed by atoms with Crippen LogP contribution in [0.25, 0.3) is 0 Å². The minimum Gasteiger partial charge on any atom is -0.496 e. The molecule has 0 atom stereocenters. The number of ether oxygens (including phenoxy) is 2. The van der Waals surface area contributed by atoms with E-state index in [4.69, 9.17) is 9.47 Å². The Labute approximate surface area is 147 Å². The number of aryl methyl sites for hydroxylation is 1. The number of methoxy groups -OCH3 is 1. The molecule has 0 aliphatic carbocycles. The highest BCUT2D eigenvalue weighted by atomic mass is 16.5. The number of benzene rings is 2. The average Bonchev–Trinajstić information content (AvgIpc) is 2.67. The summed E-state index contributed by atoms with van der Waals surface area (Å²) in [6.45, 7) is 0.706. The van der Waals surface area contributed by atoms with Gasteiger partial charge in [0.1, 0.15) is 11.5 Å². The lowest BCUT2D eigenvalue weighted by atomic mass is 9.98. The van der Waals surface area contributed by atoms with Crippen molar-refractivity contribution in [2.24, 2.45) is 0 Å². The van der Waals surface area contributed by atoms with Gasteiger partial charge in [0, 0.05) is 18.4 Å².